The summed E-state index contributed by atoms with van der Waals surface area (Å²) >= 11 is 0. The highest BCUT2D eigenvalue weighted by Gasteiger charge is 2.51. The molecule has 5 nitrogen and oxygen atoms in total. The van der Waals surface area contributed by atoms with Crippen LogP contribution in [0.4, 0.5) is 0 Å². The summed E-state index contributed by atoms with van der Waals surface area (Å²) in [5.74, 6) is 0.430. The molecule has 2 aromatic rings. The molecule has 0 heterocycles. The molecular formula is C26H32N2O3. The number of benzene rings is 2. The summed E-state index contributed by atoms with van der Waals surface area (Å²) in [4.78, 5) is 11.4. The van der Waals surface area contributed by atoms with E-state index in [0.29, 0.717) is 24.3 Å². The van der Waals surface area contributed by atoms with Crippen molar-refractivity contribution in [3.05, 3.63) is 41.5 Å². The first kappa shape index (κ1) is 21.6. The Morgan fingerprint density at radius 1 is 1.23 bits per heavy atom. The van der Waals surface area contributed by atoms with Crippen molar-refractivity contribution in [1.29, 1.82) is 5.26 Å². The van der Waals surface area contributed by atoms with Crippen LogP contribution >= 0.6 is 0 Å². The molecule has 164 valence electrons. The lowest BCUT2D eigenvalue weighted by Crippen LogP contribution is -2.58. The van der Waals surface area contributed by atoms with Crippen LogP contribution in [0.25, 0.3) is 10.8 Å². The van der Waals surface area contributed by atoms with Crippen molar-refractivity contribution in [1.82, 2.24) is 5.32 Å². The lowest BCUT2D eigenvalue weighted by Gasteiger charge is -2.50. The number of aliphatic carboxylic acids is 1. The Bertz CT molecular complexity index is 1020. The third kappa shape index (κ3) is 4.27. The minimum atomic E-state index is -0.715. The summed E-state index contributed by atoms with van der Waals surface area (Å²) in [5.41, 5.74) is 1.43. The predicted molar refractivity (Wildman–Crippen MR) is 121 cm³/mol. The highest BCUT2D eigenvalue weighted by Crippen LogP contribution is 2.46. The molecule has 2 aliphatic carbocycles. The van der Waals surface area contributed by atoms with Crippen molar-refractivity contribution in [2.24, 2.45) is 17.3 Å². The summed E-state index contributed by atoms with van der Waals surface area (Å²) in [7, 11) is 0. The minimum absolute atomic E-state index is 0.170. The molecule has 0 saturated heterocycles. The van der Waals surface area contributed by atoms with Gasteiger partial charge in [-0.25, -0.2) is 0 Å². The lowest BCUT2D eigenvalue weighted by atomic mass is 9.58. The summed E-state index contributed by atoms with van der Waals surface area (Å²) < 4.78 is 6.27. The number of nitriles is 1. The fourth-order valence-electron chi connectivity index (χ4n) is 5.13. The van der Waals surface area contributed by atoms with Crippen LogP contribution in [0, 0.1) is 28.6 Å². The van der Waals surface area contributed by atoms with E-state index in [-0.39, 0.29) is 23.5 Å². The Labute approximate surface area is 184 Å². The van der Waals surface area contributed by atoms with E-state index in [1.165, 1.54) is 12.8 Å². The zero-order chi connectivity index (χ0) is 22.2. The maximum absolute atomic E-state index is 11.4. The van der Waals surface area contributed by atoms with E-state index in [2.05, 4.69) is 30.4 Å². The Kier molecular flexibility index (Phi) is 5.94. The first-order chi connectivity index (χ1) is 14.8. The van der Waals surface area contributed by atoms with Gasteiger partial charge in [-0.3, -0.25) is 4.79 Å². The van der Waals surface area contributed by atoms with Crippen molar-refractivity contribution < 1.29 is 14.6 Å². The number of carboxylic acids is 1. The molecule has 4 rings (SSSR count). The first-order valence-corrected chi connectivity index (χ1v) is 11.4. The van der Waals surface area contributed by atoms with Crippen molar-refractivity contribution in [2.45, 2.75) is 71.6 Å². The molecule has 0 unspecified atom stereocenters. The van der Waals surface area contributed by atoms with Gasteiger partial charge in [-0.1, -0.05) is 39.0 Å². The maximum Gasteiger partial charge on any atom is 0.307 e. The highest BCUT2D eigenvalue weighted by molar-refractivity contribution is 5.90. The SMILES string of the molecule is CC1(C)[C@@H](NCc2ccc3ccc(O[C@H]4CC[C@@H](C)CC4)c(C#N)c3c2)C[C@H]1C(=O)O. The highest BCUT2D eigenvalue weighted by atomic mass is 16.5. The third-order valence-corrected chi connectivity index (χ3v) is 7.53. The number of nitrogens with one attached hydrogen (secondary N) is 1. The molecule has 0 radical (unpaired) electrons. The standard InChI is InChI=1S/C26H32N2O3/c1-16-4-9-19(10-5-16)31-23-11-8-18-7-6-17(12-20(18)21(23)14-27)15-28-24-13-22(25(29)30)26(24,2)3/h6-8,11-12,16,19,22,24,28H,4-5,9-10,13,15H2,1-3H3,(H,29,30)/t16-,19+,22-,24-/m0/s1. The van der Waals surface area contributed by atoms with Crippen LogP contribution in [0.15, 0.2) is 30.3 Å². The van der Waals surface area contributed by atoms with Gasteiger partial charge in [0.05, 0.1) is 12.0 Å². The van der Waals surface area contributed by atoms with Crippen LogP contribution in [-0.4, -0.2) is 23.2 Å². The molecule has 2 atom stereocenters. The number of carboxylic acid groups (broad SMARTS) is 1. The molecule has 2 aliphatic rings. The number of hydrogen-bond donors (Lipinski definition) is 2. The topological polar surface area (TPSA) is 82.3 Å². The zero-order valence-electron chi connectivity index (χ0n) is 18.6. The molecule has 0 amide bonds. The molecule has 2 N–H and O–H groups in total. The quantitative estimate of drug-likeness (QED) is 0.666. The predicted octanol–water partition coefficient (Wildman–Crippen LogP) is 5.26. The zero-order valence-corrected chi connectivity index (χ0v) is 18.6. The van der Waals surface area contributed by atoms with Crippen LogP contribution in [0.2, 0.25) is 0 Å². The van der Waals surface area contributed by atoms with Gasteiger partial charge in [0, 0.05) is 18.0 Å². The van der Waals surface area contributed by atoms with Gasteiger partial charge in [0.1, 0.15) is 17.4 Å². The molecule has 2 aromatic carbocycles. The number of nitrogens with zero attached hydrogens (tertiary/aromatic N) is 1. The molecule has 31 heavy (non-hydrogen) atoms. The smallest absolute Gasteiger partial charge is 0.307 e. The number of hydrogen-bond acceptors (Lipinski definition) is 4. The molecule has 0 bridgehead atoms. The van der Waals surface area contributed by atoms with Crippen molar-refractivity contribution in [2.75, 3.05) is 0 Å². The number of ether oxygens (including phenoxy) is 1. The fourth-order valence-corrected chi connectivity index (χ4v) is 5.13. The van der Waals surface area contributed by atoms with Gasteiger partial charge >= 0.3 is 5.97 Å². The normalized spacial score (nSPS) is 27.3. The maximum atomic E-state index is 11.4. The number of carbonyl (C=O) groups is 1. The van der Waals surface area contributed by atoms with Crippen molar-refractivity contribution in [3.63, 3.8) is 0 Å². The summed E-state index contributed by atoms with van der Waals surface area (Å²) in [6.45, 7) is 6.95. The van der Waals surface area contributed by atoms with Gasteiger partial charge < -0.3 is 15.2 Å². The second-order valence-electron chi connectivity index (χ2n) is 9.99. The molecule has 0 aliphatic heterocycles. The lowest BCUT2D eigenvalue weighted by molar-refractivity contribution is -0.155. The second kappa shape index (κ2) is 8.51. The fraction of sp³-hybridized carbons (Fsp3) is 0.538. The van der Waals surface area contributed by atoms with E-state index < -0.39 is 5.97 Å². The average molecular weight is 421 g/mol. The van der Waals surface area contributed by atoms with Gasteiger partial charge in [-0.05, 0) is 66.5 Å². The second-order valence-corrected chi connectivity index (χ2v) is 9.99. The average Bonchev–Trinajstić information content (AvgIpc) is 2.74. The molecular weight excluding hydrogens is 388 g/mol. The molecule has 0 aromatic heterocycles. The van der Waals surface area contributed by atoms with E-state index in [1.807, 2.05) is 32.0 Å². The first-order valence-electron chi connectivity index (χ1n) is 11.4. The van der Waals surface area contributed by atoms with Crippen LogP contribution < -0.4 is 10.1 Å². The van der Waals surface area contributed by atoms with Gasteiger partial charge in [-0.15, -0.1) is 0 Å². The van der Waals surface area contributed by atoms with Crippen molar-refractivity contribution >= 4 is 16.7 Å². The third-order valence-electron chi connectivity index (χ3n) is 7.53. The number of fused-ring (bicyclic) bond motifs is 1. The molecule has 2 saturated carbocycles. The van der Waals surface area contributed by atoms with Crippen LogP contribution in [0.3, 0.4) is 0 Å². The van der Waals surface area contributed by atoms with Gasteiger partial charge in [0.2, 0.25) is 0 Å². The Balaban J connectivity index is 1.50. The Morgan fingerprint density at radius 3 is 2.58 bits per heavy atom. The molecule has 5 heteroatoms. The van der Waals surface area contributed by atoms with Crippen molar-refractivity contribution in [3.8, 4) is 11.8 Å². The largest absolute Gasteiger partial charge is 0.489 e. The van der Waals surface area contributed by atoms with Crippen LogP contribution in [0.1, 0.15) is 64.0 Å². The van der Waals surface area contributed by atoms with Gasteiger partial charge in [0.25, 0.3) is 0 Å². The number of rotatable bonds is 6. The van der Waals surface area contributed by atoms with E-state index in [1.54, 1.807) is 0 Å². The van der Waals surface area contributed by atoms with E-state index in [4.69, 9.17) is 4.74 Å². The van der Waals surface area contributed by atoms with Crippen LogP contribution in [0.5, 0.6) is 5.75 Å². The van der Waals surface area contributed by atoms with Crippen LogP contribution in [-0.2, 0) is 11.3 Å². The molecule has 0 spiro atoms. The van der Waals surface area contributed by atoms with Gasteiger partial charge in [-0.2, -0.15) is 5.26 Å². The Hall–Kier alpha value is -2.58. The summed E-state index contributed by atoms with van der Waals surface area (Å²) in [5, 5.41) is 24.7. The van der Waals surface area contributed by atoms with Gasteiger partial charge in [0.15, 0.2) is 0 Å². The summed E-state index contributed by atoms with van der Waals surface area (Å²) in [6, 6.07) is 12.7. The monoisotopic (exact) mass is 420 g/mol. The van der Waals surface area contributed by atoms with E-state index in [0.717, 1.165) is 35.1 Å². The van der Waals surface area contributed by atoms with E-state index in [9.17, 15) is 15.2 Å². The minimum Gasteiger partial charge on any atom is -0.489 e. The Morgan fingerprint density at radius 2 is 1.94 bits per heavy atom. The molecule has 2 fully saturated rings. The summed E-state index contributed by atoms with van der Waals surface area (Å²) in [6.07, 6.45) is 5.28. The van der Waals surface area contributed by atoms with E-state index >= 15 is 0 Å².